The monoisotopic (exact) mass is 1090 g/mol. The smallest absolute Gasteiger partial charge is 0.0159 e. The number of aryl methyl sites for hydroxylation is 3. The minimum Gasteiger partial charge on any atom is -0.0619 e. The molecule has 0 amide bonds. The first-order chi connectivity index (χ1) is 40.8. The van der Waals surface area contributed by atoms with Crippen LogP contribution in [0, 0.1) is 6.92 Å². The topological polar surface area (TPSA) is 0 Å². The van der Waals surface area contributed by atoms with Crippen LogP contribution in [0.25, 0.3) is 100 Å². The zero-order valence-corrected chi connectivity index (χ0v) is 51.3. The third-order valence-corrected chi connectivity index (χ3v) is 21.7. The minimum absolute atomic E-state index is 0.0299. The van der Waals surface area contributed by atoms with Crippen LogP contribution >= 0.6 is 0 Å². The van der Waals surface area contributed by atoms with E-state index in [9.17, 15) is 0 Å². The van der Waals surface area contributed by atoms with E-state index in [1.54, 1.807) is 0 Å². The Hall–Kier alpha value is -8.58. The lowest BCUT2D eigenvalue weighted by Gasteiger charge is -2.24. The Balaban J connectivity index is 0.644. The van der Waals surface area contributed by atoms with Gasteiger partial charge in [-0.2, -0.15) is 0 Å². The van der Waals surface area contributed by atoms with Crippen LogP contribution in [-0.4, -0.2) is 0 Å². The summed E-state index contributed by atoms with van der Waals surface area (Å²) in [5.41, 5.74) is 41.6. The predicted octanol–water partition coefficient (Wildman–Crippen LogP) is 22.4. The van der Waals surface area contributed by atoms with Crippen LogP contribution in [0.15, 0.2) is 212 Å². The van der Waals surface area contributed by atoms with E-state index in [1.165, 1.54) is 172 Å². The second kappa shape index (κ2) is 18.0. The fourth-order valence-corrected chi connectivity index (χ4v) is 16.5. The van der Waals surface area contributed by atoms with Crippen molar-refractivity contribution >= 4 is 0 Å². The molecule has 0 atom stereocenters. The average Bonchev–Trinajstić information content (AvgIpc) is 1.82. The Bertz CT molecular complexity index is 4690. The summed E-state index contributed by atoms with van der Waals surface area (Å²) in [6.45, 7) is 26.3. The molecular formula is C85H74. The van der Waals surface area contributed by atoms with Gasteiger partial charge in [0, 0.05) is 27.1 Å². The van der Waals surface area contributed by atoms with E-state index < -0.39 is 0 Å². The molecule has 5 aliphatic rings. The van der Waals surface area contributed by atoms with Gasteiger partial charge < -0.3 is 0 Å². The van der Waals surface area contributed by atoms with E-state index >= 15 is 0 Å². The number of fused-ring (bicyclic) bond motifs is 15. The summed E-state index contributed by atoms with van der Waals surface area (Å²) in [5, 5.41) is 0. The summed E-state index contributed by atoms with van der Waals surface area (Å²) in [5.74, 6) is 0. The van der Waals surface area contributed by atoms with Crippen LogP contribution in [0.3, 0.4) is 0 Å². The van der Waals surface area contributed by atoms with Crippen molar-refractivity contribution in [3.8, 4) is 100 Å². The number of benzene rings is 11. The molecule has 16 rings (SSSR count). The van der Waals surface area contributed by atoms with Gasteiger partial charge in [0.2, 0.25) is 0 Å². The molecule has 0 N–H and O–H groups in total. The standard InChI is InChI=1S/C85H74/c1-50-19-21-51(22-20-50)15-14-16-52-23-32-62-64-34-25-54(43-74(64)82(4,5)72(62)41-52)56-27-36-66-68-38-29-58(47-78(68)84(8,9)76(66)45-56)60-31-40-70-69-39-30-59(48-79(69)85(10,11)80(70)49-60)57-28-37-67-65-35-26-55(44-75(65)83(6,7)77(67)46-57)53-24-33-63-61-17-12-13-18-71(61)81(2,3)73(63)42-53/h12-13,17-49H,14-16H2,1-11H3. The predicted molar refractivity (Wildman–Crippen MR) is 359 cm³/mol. The number of rotatable bonds is 8. The lowest BCUT2D eigenvalue weighted by atomic mass is 9.79. The zero-order valence-electron chi connectivity index (χ0n) is 51.3. The van der Waals surface area contributed by atoms with Crippen molar-refractivity contribution in [1.29, 1.82) is 0 Å². The summed E-state index contributed by atoms with van der Waals surface area (Å²) < 4.78 is 0. The van der Waals surface area contributed by atoms with Crippen LogP contribution in [0.1, 0.15) is 148 Å². The Morgan fingerprint density at radius 1 is 0.212 bits per heavy atom. The molecule has 0 nitrogen and oxygen atoms in total. The molecule has 11 aromatic carbocycles. The minimum atomic E-state index is -0.169. The molecule has 85 heavy (non-hydrogen) atoms. The normalized spacial score (nSPS) is 16.3. The number of hydrogen-bond acceptors (Lipinski definition) is 0. The molecule has 0 spiro atoms. The van der Waals surface area contributed by atoms with E-state index in [-0.39, 0.29) is 27.1 Å². The van der Waals surface area contributed by atoms with Crippen molar-refractivity contribution in [3.63, 3.8) is 0 Å². The molecule has 0 fully saturated rings. The van der Waals surface area contributed by atoms with E-state index in [4.69, 9.17) is 0 Å². The molecule has 0 bridgehead atoms. The first kappa shape index (κ1) is 52.0. The van der Waals surface area contributed by atoms with E-state index in [0.29, 0.717) is 0 Å². The molecule has 0 saturated carbocycles. The summed E-state index contributed by atoms with van der Waals surface area (Å²) >= 11 is 0. The molecule has 0 radical (unpaired) electrons. The highest BCUT2D eigenvalue weighted by atomic mass is 14.4. The molecule has 0 aliphatic heterocycles. The molecule has 0 aromatic heterocycles. The maximum atomic E-state index is 2.50. The summed E-state index contributed by atoms with van der Waals surface area (Å²) in [4.78, 5) is 0. The lowest BCUT2D eigenvalue weighted by Crippen LogP contribution is -2.16. The summed E-state index contributed by atoms with van der Waals surface area (Å²) in [7, 11) is 0. The van der Waals surface area contributed by atoms with Gasteiger partial charge in [-0.1, -0.05) is 239 Å². The molecular weight excluding hydrogens is 1020 g/mol. The van der Waals surface area contributed by atoms with E-state index in [2.05, 4.69) is 288 Å². The van der Waals surface area contributed by atoms with Crippen LogP contribution in [0.5, 0.6) is 0 Å². The van der Waals surface area contributed by atoms with E-state index in [0.717, 1.165) is 19.3 Å². The van der Waals surface area contributed by atoms with Crippen molar-refractivity contribution in [2.45, 2.75) is 122 Å². The molecule has 5 aliphatic carbocycles. The first-order valence-electron chi connectivity index (χ1n) is 31.2. The highest BCUT2D eigenvalue weighted by Gasteiger charge is 2.41. The van der Waals surface area contributed by atoms with Gasteiger partial charge in [0.15, 0.2) is 0 Å². The van der Waals surface area contributed by atoms with Crippen LogP contribution in [-0.2, 0) is 39.9 Å². The largest absolute Gasteiger partial charge is 0.0619 e. The average molecular weight is 1100 g/mol. The molecule has 0 unspecified atom stereocenters. The molecule has 11 aromatic rings. The van der Waals surface area contributed by atoms with Crippen LogP contribution < -0.4 is 0 Å². The van der Waals surface area contributed by atoms with Gasteiger partial charge in [0.1, 0.15) is 0 Å². The third-order valence-electron chi connectivity index (χ3n) is 21.7. The van der Waals surface area contributed by atoms with Gasteiger partial charge in [-0.3, -0.25) is 0 Å². The van der Waals surface area contributed by atoms with Gasteiger partial charge >= 0.3 is 0 Å². The molecule has 414 valence electrons. The van der Waals surface area contributed by atoms with Crippen molar-refractivity contribution < 1.29 is 0 Å². The van der Waals surface area contributed by atoms with Gasteiger partial charge in [-0.15, -0.1) is 0 Å². The highest BCUT2D eigenvalue weighted by Crippen LogP contribution is 2.57. The fourth-order valence-electron chi connectivity index (χ4n) is 16.5. The molecule has 0 saturated heterocycles. The second-order valence-corrected chi connectivity index (χ2v) is 28.5. The van der Waals surface area contributed by atoms with Crippen molar-refractivity contribution in [2.24, 2.45) is 0 Å². The highest BCUT2D eigenvalue weighted by molar-refractivity contribution is 5.92. The van der Waals surface area contributed by atoms with Crippen molar-refractivity contribution in [3.05, 3.63) is 285 Å². The second-order valence-electron chi connectivity index (χ2n) is 28.5. The van der Waals surface area contributed by atoms with E-state index in [1.807, 2.05) is 0 Å². The Morgan fingerprint density at radius 2 is 0.435 bits per heavy atom. The van der Waals surface area contributed by atoms with Gasteiger partial charge in [-0.25, -0.2) is 0 Å². The summed E-state index contributed by atoms with van der Waals surface area (Å²) in [6.07, 6.45) is 3.36. The van der Waals surface area contributed by atoms with Gasteiger partial charge in [-0.05, 0) is 242 Å². The van der Waals surface area contributed by atoms with Gasteiger partial charge in [0.25, 0.3) is 0 Å². The third kappa shape index (κ3) is 7.59. The number of hydrogen-bond donors (Lipinski definition) is 0. The van der Waals surface area contributed by atoms with Crippen molar-refractivity contribution in [2.75, 3.05) is 0 Å². The van der Waals surface area contributed by atoms with Gasteiger partial charge in [0.05, 0.1) is 0 Å². The Kier molecular flexibility index (Phi) is 11.0. The zero-order chi connectivity index (χ0) is 58.3. The van der Waals surface area contributed by atoms with Crippen molar-refractivity contribution in [1.82, 2.24) is 0 Å². The van der Waals surface area contributed by atoms with Crippen LogP contribution in [0.4, 0.5) is 0 Å². The maximum absolute atomic E-state index is 2.50. The SMILES string of the molecule is Cc1ccc(CCCc2ccc3c(c2)C(C)(C)c2cc(-c4ccc5c(c4)C(C)(C)c4cc(-c6ccc7c(c6)C(C)(C)c6cc(-c8ccc9c(c8)C(C)(C)c8cc(-c%10ccc%11c(c%10)C(C)(C)c%10ccccc%10-%11)ccc8-9)ccc6-7)ccc4-5)ccc2-3)cc1. The fraction of sp³-hybridized carbons (Fsp3) is 0.224. The lowest BCUT2D eigenvalue weighted by molar-refractivity contribution is 0.658. The Morgan fingerprint density at radius 3 is 0.741 bits per heavy atom. The summed E-state index contributed by atoms with van der Waals surface area (Å²) in [6, 6.07) is 83.1. The first-order valence-corrected chi connectivity index (χ1v) is 31.2. The molecule has 0 heteroatoms. The Labute approximate surface area is 504 Å². The molecule has 0 heterocycles. The maximum Gasteiger partial charge on any atom is 0.0159 e. The van der Waals surface area contributed by atoms with Crippen LogP contribution in [0.2, 0.25) is 0 Å². The quantitative estimate of drug-likeness (QED) is 0.142.